The van der Waals surface area contributed by atoms with E-state index < -0.39 is 17.4 Å². The van der Waals surface area contributed by atoms with Crippen LogP contribution in [0.4, 0.5) is 0 Å². The van der Waals surface area contributed by atoms with Crippen LogP contribution in [-0.4, -0.2) is 54.8 Å². The third-order valence-corrected chi connectivity index (χ3v) is 7.48. The number of carbonyl (C=O) groups is 2. The highest BCUT2D eigenvalue weighted by atomic mass is 35.5. The molecule has 190 valence electrons. The number of carbonyl (C=O) groups excluding carboxylic acids is 2. The van der Waals surface area contributed by atoms with E-state index in [9.17, 15) is 9.59 Å². The summed E-state index contributed by atoms with van der Waals surface area (Å²) in [6.45, 7) is 5.17. The maximum absolute atomic E-state index is 14.3. The molecule has 1 aliphatic carbocycles. The van der Waals surface area contributed by atoms with Crippen LogP contribution in [0.25, 0.3) is 0 Å². The molecule has 2 aromatic carbocycles. The van der Waals surface area contributed by atoms with Crippen LogP contribution in [0, 0.1) is 5.41 Å². The lowest BCUT2D eigenvalue weighted by atomic mass is 9.87. The third-order valence-electron chi connectivity index (χ3n) is 6.34. The third kappa shape index (κ3) is 6.64. The molecule has 1 fully saturated rings. The number of nitrogens with zero attached hydrogens (tertiary/aromatic N) is 2. The van der Waals surface area contributed by atoms with Crippen molar-refractivity contribution >= 4 is 58.2 Å². The molecule has 1 aliphatic rings. The van der Waals surface area contributed by atoms with Gasteiger partial charge in [0.15, 0.2) is 0 Å². The Hall–Kier alpha value is -1.50. The second-order valence-electron chi connectivity index (χ2n) is 10.4. The van der Waals surface area contributed by atoms with E-state index in [1.807, 2.05) is 14.1 Å². The van der Waals surface area contributed by atoms with E-state index in [1.54, 1.807) is 41.3 Å². The zero-order chi connectivity index (χ0) is 26.1. The first-order valence-electron chi connectivity index (χ1n) is 11.4. The molecule has 1 saturated carbocycles. The Bertz CT molecular complexity index is 1120. The standard InChI is InChI=1S/C26H31Cl4N3O2/c1-25(2,14-32(3)4)15-33(22(23(31)34)11-16-5-6-17(27)12-20(16)29)24(35)26(9-10-26)19-8-7-18(28)13-21(19)30/h5-8,12-13,22H,9-11,14-15H2,1-4H3,(H2,31,34)/t22-/m0/s1. The van der Waals surface area contributed by atoms with E-state index in [4.69, 9.17) is 52.1 Å². The summed E-state index contributed by atoms with van der Waals surface area (Å²) in [5.74, 6) is -0.759. The van der Waals surface area contributed by atoms with Gasteiger partial charge in [0, 0.05) is 39.6 Å². The molecule has 5 nitrogen and oxygen atoms in total. The molecule has 0 spiro atoms. The highest BCUT2D eigenvalue weighted by Gasteiger charge is 2.55. The second-order valence-corrected chi connectivity index (χ2v) is 12.1. The Kier molecular flexibility index (Phi) is 8.71. The van der Waals surface area contributed by atoms with Gasteiger partial charge in [-0.1, -0.05) is 72.4 Å². The van der Waals surface area contributed by atoms with Crippen LogP contribution in [0.15, 0.2) is 36.4 Å². The molecule has 2 aromatic rings. The minimum absolute atomic E-state index is 0.164. The van der Waals surface area contributed by atoms with Crippen molar-refractivity contribution in [1.29, 1.82) is 0 Å². The highest BCUT2D eigenvalue weighted by molar-refractivity contribution is 6.35. The summed E-state index contributed by atoms with van der Waals surface area (Å²) in [6.07, 6.45) is 1.44. The molecule has 0 aliphatic heterocycles. The summed E-state index contributed by atoms with van der Waals surface area (Å²) >= 11 is 25.1. The van der Waals surface area contributed by atoms with Gasteiger partial charge >= 0.3 is 0 Å². The van der Waals surface area contributed by atoms with Crippen molar-refractivity contribution in [2.75, 3.05) is 27.2 Å². The number of halogens is 4. The Morgan fingerprint density at radius 3 is 2.03 bits per heavy atom. The van der Waals surface area contributed by atoms with Crippen LogP contribution in [0.5, 0.6) is 0 Å². The predicted octanol–water partition coefficient (Wildman–Crippen LogP) is 5.84. The molecule has 2 amide bonds. The van der Waals surface area contributed by atoms with Crippen LogP contribution in [0.1, 0.15) is 37.8 Å². The molecule has 0 saturated heterocycles. The zero-order valence-electron chi connectivity index (χ0n) is 20.4. The fourth-order valence-corrected chi connectivity index (χ4v) is 5.90. The summed E-state index contributed by atoms with van der Waals surface area (Å²) in [5, 5.41) is 1.85. The lowest BCUT2D eigenvalue weighted by Gasteiger charge is -2.40. The first kappa shape index (κ1) is 28.1. The molecular weight excluding hydrogens is 528 g/mol. The normalized spacial score (nSPS) is 15.7. The van der Waals surface area contributed by atoms with Gasteiger partial charge in [-0.15, -0.1) is 0 Å². The molecule has 0 radical (unpaired) electrons. The van der Waals surface area contributed by atoms with E-state index in [2.05, 4.69) is 18.7 Å². The maximum Gasteiger partial charge on any atom is 0.240 e. The van der Waals surface area contributed by atoms with Crippen LogP contribution in [-0.2, 0) is 21.4 Å². The minimum Gasteiger partial charge on any atom is -0.368 e. The topological polar surface area (TPSA) is 66.6 Å². The van der Waals surface area contributed by atoms with Crippen molar-refractivity contribution in [3.8, 4) is 0 Å². The van der Waals surface area contributed by atoms with Gasteiger partial charge in [-0.05, 0) is 67.7 Å². The quantitative estimate of drug-likeness (QED) is 0.398. The smallest absolute Gasteiger partial charge is 0.240 e. The van der Waals surface area contributed by atoms with E-state index in [0.29, 0.717) is 51.6 Å². The van der Waals surface area contributed by atoms with Crippen molar-refractivity contribution < 1.29 is 9.59 Å². The number of rotatable bonds is 10. The van der Waals surface area contributed by atoms with Gasteiger partial charge in [-0.3, -0.25) is 9.59 Å². The van der Waals surface area contributed by atoms with Gasteiger partial charge in [-0.2, -0.15) is 0 Å². The number of hydrogen-bond donors (Lipinski definition) is 1. The van der Waals surface area contributed by atoms with E-state index in [0.717, 1.165) is 5.56 Å². The molecule has 3 rings (SSSR count). The number of hydrogen-bond acceptors (Lipinski definition) is 3. The van der Waals surface area contributed by atoms with Crippen molar-refractivity contribution in [2.45, 2.75) is 44.6 Å². The first-order chi connectivity index (χ1) is 16.3. The van der Waals surface area contributed by atoms with Crippen molar-refractivity contribution in [3.05, 3.63) is 67.6 Å². The fraction of sp³-hybridized carbons (Fsp3) is 0.462. The Morgan fingerprint density at radius 2 is 1.54 bits per heavy atom. The Balaban J connectivity index is 2.05. The Labute approximate surface area is 227 Å². The van der Waals surface area contributed by atoms with E-state index in [1.165, 1.54) is 0 Å². The predicted molar refractivity (Wildman–Crippen MR) is 145 cm³/mol. The summed E-state index contributed by atoms with van der Waals surface area (Å²) in [5.41, 5.74) is 6.20. The lowest BCUT2D eigenvalue weighted by Crippen LogP contribution is -2.56. The van der Waals surface area contributed by atoms with Crippen LogP contribution < -0.4 is 5.73 Å². The van der Waals surface area contributed by atoms with Crippen LogP contribution in [0.3, 0.4) is 0 Å². The van der Waals surface area contributed by atoms with Gasteiger partial charge in [0.05, 0.1) is 5.41 Å². The highest BCUT2D eigenvalue weighted by Crippen LogP contribution is 2.52. The molecule has 35 heavy (non-hydrogen) atoms. The van der Waals surface area contributed by atoms with Gasteiger partial charge in [0.1, 0.15) is 6.04 Å². The van der Waals surface area contributed by atoms with Crippen molar-refractivity contribution in [1.82, 2.24) is 9.80 Å². The van der Waals surface area contributed by atoms with Crippen LogP contribution in [0.2, 0.25) is 20.1 Å². The Morgan fingerprint density at radius 1 is 0.971 bits per heavy atom. The first-order valence-corrected chi connectivity index (χ1v) is 12.9. The number of amides is 2. The molecule has 0 heterocycles. The number of benzene rings is 2. The molecule has 0 bridgehead atoms. The summed E-state index contributed by atoms with van der Waals surface area (Å²) in [4.78, 5) is 30.8. The summed E-state index contributed by atoms with van der Waals surface area (Å²) in [7, 11) is 3.95. The molecule has 1 atom stereocenters. The van der Waals surface area contributed by atoms with Gasteiger partial charge < -0.3 is 15.5 Å². The molecular formula is C26H31Cl4N3O2. The van der Waals surface area contributed by atoms with Gasteiger partial charge in [-0.25, -0.2) is 0 Å². The monoisotopic (exact) mass is 557 g/mol. The van der Waals surface area contributed by atoms with E-state index in [-0.39, 0.29) is 17.7 Å². The average molecular weight is 559 g/mol. The average Bonchev–Trinajstić information content (AvgIpc) is 3.52. The van der Waals surface area contributed by atoms with Crippen molar-refractivity contribution in [3.63, 3.8) is 0 Å². The van der Waals surface area contributed by atoms with Gasteiger partial charge in [0.25, 0.3) is 0 Å². The van der Waals surface area contributed by atoms with Crippen molar-refractivity contribution in [2.24, 2.45) is 11.1 Å². The SMILES string of the molecule is CN(C)CC(C)(C)CN(C(=O)C1(c2ccc(Cl)cc2Cl)CC1)[C@@H](Cc1ccc(Cl)cc1Cl)C(N)=O. The van der Waals surface area contributed by atoms with E-state index >= 15 is 0 Å². The minimum atomic E-state index is -0.897. The number of primary amides is 1. The molecule has 0 aromatic heterocycles. The molecule has 9 heteroatoms. The lowest BCUT2D eigenvalue weighted by molar-refractivity contribution is -0.143. The maximum atomic E-state index is 14.3. The summed E-state index contributed by atoms with van der Waals surface area (Å²) < 4.78 is 0. The number of nitrogens with two attached hydrogens (primary N) is 1. The molecule has 2 N–H and O–H groups in total. The van der Waals surface area contributed by atoms with Gasteiger partial charge in [0.2, 0.25) is 11.8 Å². The van der Waals surface area contributed by atoms with Crippen LogP contribution >= 0.6 is 46.4 Å². The summed E-state index contributed by atoms with van der Waals surface area (Å²) in [6, 6.07) is 9.37. The fourth-order valence-electron chi connectivity index (χ4n) is 4.83. The largest absolute Gasteiger partial charge is 0.368 e. The second kappa shape index (κ2) is 10.9. The molecule has 0 unspecified atom stereocenters. The zero-order valence-corrected chi connectivity index (χ0v) is 23.4.